The van der Waals surface area contributed by atoms with Crippen LogP contribution in [0.2, 0.25) is 0 Å². The highest BCUT2D eigenvalue weighted by atomic mass is 31.2. The van der Waals surface area contributed by atoms with Gasteiger partial charge in [0.15, 0.2) is 5.82 Å². The van der Waals surface area contributed by atoms with Gasteiger partial charge in [0.05, 0.1) is 17.6 Å². The number of phosphoric ester groups is 1. The molecule has 12 heteroatoms. The summed E-state index contributed by atoms with van der Waals surface area (Å²) in [5, 5.41) is 0.827. The topological polar surface area (TPSA) is 161 Å². The van der Waals surface area contributed by atoms with Crippen molar-refractivity contribution < 1.29 is 28.5 Å². The van der Waals surface area contributed by atoms with Crippen molar-refractivity contribution in [2.45, 2.75) is 46.2 Å². The molecule has 2 amide bonds. The van der Waals surface area contributed by atoms with Crippen LogP contribution in [0, 0.1) is 6.92 Å². The van der Waals surface area contributed by atoms with E-state index >= 15 is 0 Å². The lowest BCUT2D eigenvalue weighted by Gasteiger charge is -2.15. The van der Waals surface area contributed by atoms with Gasteiger partial charge in [-0.2, -0.15) is 0 Å². The number of carbonyl (C=O) groups is 2. The fourth-order valence-electron chi connectivity index (χ4n) is 4.79. The maximum atomic E-state index is 12.0. The highest BCUT2D eigenvalue weighted by Gasteiger charge is 2.24. The summed E-state index contributed by atoms with van der Waals surface area (Å²) in [7, 11) is -4.67. The Bertz CT molecular complexity index is 1690. The molecule has 4 aromatic rings. The maximum Gasteiger partial charge on any atom is 0.524 e. The van der Waals surface area contributed by atoms with E-state index in [9.17, 15) is 23.9 Å². The molecule has 0 aliphatic carbocycles. The molecule has 0 spiro atoms. The molecule has 5 rings (SSSR count). The minimum Gasteiger partial charge on any atom is -0.404 e. The SMILES string of the molecule is CCCCc1nc2c(N)nc3cc(CN4C(=O)C=CC4=O)ccc3c2n1Cc1ccc(OP(=O)(O)O)c(C)c1. The van der Waals surface area contributed by atoms with Crippen LogP contribution < -0.4 is 10.3 Å². The van der Waals surface area contributed by atoms with Crippen LogP contribution in [0.5, 0.6) is 5.75 Å². The first-order valence-corrected chi connectivity index (χ1v) is 14.0. The van der Waals surface area contributed by atoms with E-state index < -0.39 is 7.82 Å². The minimum atomic E-state index is -4.67. The minimum absolute atomic E-state index is 0.116. The zero-order chi connectivity index (χ0) is 27.9. The first-order chi connectivity index (χ1) is 18.5. The number of imidazole rings is 1. The number of phosphoric acid groups is 1. The molecule has 4 N–H and O–H groups in total. The second-order valence-electron chi connectivity index (χ2n) is 9.54. The fourth-order valence-corrected chi connectivity index (χ4v) is 5.25. The summed E-state index contributed by atoms with van der Waals surface area (Å²) in [6.45, 7) is 4.40. The third-order valence-electron chi connectivity index (χ3n) is 6.64. The van der Waals surface area contributed by atoms with Crippen LogP contribution in [0.25, 0.3) is 21.9 Å². The van der Waals surface area contributed by atoms with E-state index in [0.717, 1.165) is 47.1 Å². The van der Waals surface area contributed by atoms with Gasteiger partial charge in [-0.15, -0.1) is 0 Å². The average molecular weight is 550 g/mol. The normalized spacial score (nSPS) is 13.8. The number of rotatable bonds is 9. The van der Waals surface area contributed by atoms with Crippen LogP contribution in [0.3, 0.4) is 0 Å². The fraction of sp³-hybridized carbons (Fsp3) is 0.259. The Balaban J connectivity index is 1.58. The van der Waals surface area contributed by atoms with Gasteiger partial charge in [0.25, 0.3) is 11.8 Å². The highest BCUT2D eigenvalue weighted by molar-refractivity contribution is 7.46. The molecular weight excluding hydrogens is 521 g/mol. The van der Waals surface area contributed by atoms with Gasteiger partial charge in [-0.25, -0.2) is 14.5 Å². The van der Waals surface area contributed by atoms with Crippen molar-refractivity contribution in [2.24, 2.45) is 0 Å². The first-order valence-electron chi connectivity index (χ1n) is 12.5. The number of pyridine rings is 1. The van der Waals surface area contributed by atoms with Gasteiger partial charge >= 0.3 is 7.82 Å². The van der Waals surface area contributed by atoms with E-state index in [4.69, 9.17) is 15.2 Å². The quantitative estimate of drug-likeness (QED) is 0.209. The van der Waals surface area contributed by atoms with Crippen LogP contribution in [-0.2, 0) is 33.7 Å². The Hall–Kier alpha value is -4.05. The Morgan fingerprint density at radius 2 is 1.69 bits per heavy atom. The Morgan fingerprint density at radius 3 is 2.36 bits per heavy atom. The number of anilines is 1. The number of imide groups is 1. The lowest BCUT2D eigenvalue weighted by atomic mass is 10.1. The first kappa shape index (κ1) is 26.6. The Kier molecular flexibility index (Phi) is 6.98. The lowest BCUT2D eigenvalue weighted by molar-refractivity contribution is -0.137. The summed E-state index contributed by atoms with van der Waals surface area (Å²) >= 11 is 0. The number of hydrogen-bond acceptors (Lipinski definition) is 7. The predicted molar refractivity (Wildman–Crippen MR) is 146 cm³/mol. The van der Waals surface area contributed by atoms with Gasteiger partial charge in [-0.1, -0.05) is 37.6 Å². The van der Waals surface area contributed by atoms with Crippen LogP contribution >= 0.6 is 7.82 Å². The highest BCUT2D eigenvalue weighted by Crippen LogP contribution is 2.39. The van der Waals surface area contributed by atoms with E-state index in [1.165, 1.54) is 17.1 Å². The largest absolute Gasteiger partial charge is 0.524 e. The van der Waals surface area contributed by atoms with Gasteiger partial charge in [0, 0.05) is 30.5 Å². The molecule has 0 fully saturated rings. The molecule has 3 heterocycles. The summed E-state index contributed by atoms with van der Waals surface area (Å²) in [5.74, 6) is 0.542. The van der Waals surface area contributed by atoms with Crippen LogP contribution in [0.1, 0.15) is 42.3 Å². The van der Waals surface area contributed by atoms with Gasteiger partial charge in [-0.05, 0) is 42.2 Å². The van der Waals surface area contributed by atoms with E-state index in [1.807, 2.05) is 24.3 Å². The molecule has 0 bridgehead atoms. The van der Waals surface area contributed by atoms with E-state index in [1.54, 1.807) is 19.1 Å². The van der Waals surface area contributed by atoms with E-state index in [-0.39, 0.29) is 29.9 Å². The van der Waals surface area contributed by atoms with E-state index in [2.05, 4.69) is 16.5 Å². The second kappa shape index (κ2) is 10.3. The number of carbonyl (C=O) groups excluding carboxylic acids is 2. The van der Waals surface area contributed by atoms with Gasteiger partial charge in [0.1, 0.15) is 17.1 Å². The van der Waals surface area contributed by atoms with Gasteiger partial charge in [0.2, 0.25) is 0 Å². The average Bonchev–Trinajstić information content (AvgIpc) is 3.39. The molecule has 39 heavy (non-hydrogen) atoms. The standard InChI is InChI=1S/C27H28N5O6P/c1-3-4-5-22-30-25-26(31(22)14-17-7-9-21(16(2)12-17)38-39(35,36)37)19-8-6-18(13-20(19)29-27(25)28)15-32-23(33)10-11-24(32)34/h6-13H,3-5,14-15H2,1-2H3,(H2,28,29)(H2,35,36,37). The number of unbranched alkanes of at least 4 members (excludes halogenated alkanes) is 1. The number of fused-ring (bicyclic) bond motifs is 3. The van der Waals surface area contributed by atoms with Crippen molar-refractivity contribution in [3.05, 3.63) is 71.1 Å². The third-order valence-corrected chi connectivity index (χ3v) is 7.07. The van der Waals surface area contributed by atoms with Crippen molar-refractivity contribution in [2.75, 3.05) is 5.73 Å². The zero-order valence-corrected chi connectivity index (χ0v) is 22.4. The van der Waals surface area contributed by atoms with Crippen molar-refractivity contribution in [1.82, 2.24) is 19.4 Å². The Labute approximate surface area is 224 Å². The predicted octanol–water partition coefficient (Wildman–Crippen LogP) is 3.76. The van der Waals surface area contributed by atoms with Gasteiger partial charge in [-0.3, -0.25) is 24.3 Å². The van der Waals surface area contributed by atoms with Crippen molar-refractivity contribution in [1.29, 1.82) is 0 Å². The number of benzene rings is 2. The summed E-state index contributed by atoms with van der Waals surface area (Å²) in [6, 6.07) is 10.7. The number of nitrogens with zero attached hydrogens (tertiary/aromatic N) is 4. The van der Waals surface area contributed by atoms with Crippen molar-refractivity contribution in [3.63, 3.8) is 0 Å². The van der Waals surface area contributed by atoms with Crippen LogP contribution in [-0.4, -0.2) is 41.0 Å². The second-order valence-corrected chi connectivity index (χ2v) is 10.7. The maximum absolute atomic E-state index is 12.0. The number of aromatic nitrogens is 3. The summed E-state index contributed by atoms with van der Waals surface area (Å²) in [5.41, 5.74) is 10.6. The molecule has 0 unspecified atom stereocenters. The van der Waals surface area contributed by atoms with Crippen molar-refractivity contribution in [3.8, 4) is 5.75 Å². The van der Waals surface area contributed by atoms with E-state index in [0.29, 0.717) is 23.1 Å². The number of amides is 2. The molecular formula is C27H28N5O6P. The Morgan fingerprint density at radius 1 is 1.00 bits per heavy atom. The number of hydrogen-bond donors (Lipinski definition) is 3. The number of nitrogen functional groups attached to an aromatic ring is 1. The van der Waals surface area contributed by atoms with Crippen LogP contribution in [0.15, 0.2) is 48.6 Å². The molecule has 1 aliphatic rings. The monoisotopic (exact) mass is 549 g/mol. The molecule has 1 aliphatic heterocycles. The van der Waals surface area contributed by atoms with Crippen LogP contribution in [0.4, 0.5) is 5.82 Å². The molecule has 202 valence electrons. The molecule has 2 aromatic carbocycles. The molecule has 2 aromatic heterocycles. The molecule has 11 nitrogen and oxygen atoms in total. The molecule has 0 saturated carbocycles. The molecule has 0 radical (unpaired) electrons. The smallest absolute Gasteiger partial charge is 0.404 e. The summed E-state index contributed by atoms with van der Waals surface area (Å²) in [4.78, 5) is 53.0. The summed E-state index contributed by atoms with van der Waals surface area (Å²) < 4.78 is 18.2. The molecule has 0 saturated heterocycles. The molecule has 0 atom stereocenters. The van der Waals surface area contributed by atoms with Gasteiger partial charge < -0.3 is 14.8 Å². The van der Waals surface area contributed by atoms with Crippen molar-refractivity contribution >= 4 is 47.4 Å². The zero-order valence-electron chi connectivity index (χ0n) is 21.5. The number of nitrogens with two attached hydrogens (primary N) is 1. The third kappa shape index (κ3) is 5.42. The summed E-state index contributed by atoms with van der Waals surface area (Å²) in [6.07, 6.45) is 5.16. The lowest BCUT2D eigenvalue weighted by Crippen LogP contribution is -2.29. The number of aryl methyl sites for hydroxylation is 2.